The van der Waals surface area contributed by atoms with E-state index < -0.39 is 0 Å². The number of nitrogen functional groups attached to an aromatic ring is 1. The molecule has 1 aromatic heterocycles. The SMILES string of the molecule is Nc1nc(=S)nc(C2CC2)[nH]1. The highest BCUT2D eigenvalue weighted by molar-refractivity contribution is 7.71. The third-order valence-electron chi connectivity index (χ3n) is 1.65. The average molecular weight is 168 g/mol. The van der Waals surface area contributed by atoms with Gasteiger partial charge in [0.25, 0.3) is 0 Å². The second kappa shape index (κ2) is 2.27. The Morgan fingerprint density at radius 2 is 2.18 bits per heavy atom. The molecular formula is C6H8N4S. The van der Waals surface area contributed by atoms with Crippen molar-refractivity contribution < 1.29 is 0 Å². The van der Waals surface area contributed by atoms with E-state index >= 15 is 0 Å². The third-order valence-corrected chi connectivity index (χ3v) is 1.83. The summed E-state index contributed by atoms with van der Waals surface area (Å²) in [6.07, 6.45) is 2.36. The highest BCUT2D eigenvalue weighted by Gasteiger charge is 2.25. The predicted octanol–water partition coefficient (Wildman–Crippen LogP) is 0.994. The molecule has 2 rings (SSSR count). The molecule has 0 radical (unpaired) electrons. The second-order valence-corrected chi connectivity index (χ2v) is 3.04. The van der Waals surface area contributed by atoms with Gasteiger partial charge in [-0.3, -0.25) is 0 Å². The van der Waals surface area contributed by atoms with Gasteiger partial charge in [-0.1, -0.05) is 0 Å². The summed E-state index contributed by atoms with van der Waals surface area (Å²) < 4.78 is 0.336. The van der Waals surface area contributed by atoms with Crippen LogP contribution in [0.25, 0.3) is 0 Å². The summed E-state index contributed by atoms with van der Waals surface area (Å²) in [5.41, 5.74) is 5.45. The number of nitrogens with zero attached hydrogens (tertiary/aromatic N) is 2. The van der Waals surface area contributed by atoms with Crippen LogP contribution < -0.4 is 5.73 Å². The van der Waals surface area contributed by atoms with Gasteiger partial charge in [0.15, 0.2) is 0 Å². The lowest BCUT2D eigenvalue weighted by Crippen LogP contribution is -2.01. The molecule has 0 saturated heterocycles. The number of H-pyrrole nitrogens is 1. The number of hydrogen-bond acceptors (Lipinski definition) is 4. The van der Waals surface area contributed by atoms with E-state index in [1.807, 2.05) is 0 Å². The second-order valence-electron chi connectivity index (χ2n) is 2.68. The monoisotopic (exact) mass is 168 g/mol. The van der Waals surface area contributed by atoms with E-state index in [4.69, 9.17) is 18.0 Å². The molecule has 1 heterocycles. The highest BCUT2D eigenvalue weighted by Crippen LogP contribution is 2.37. The summed E-state index contributed by atoms with van der Waals surface area (Å²) in [5, 5.41) is 0. The Morgan fingerprint density at radius 3 is 2.73 bits per heavy atom. The van der Waals surface area contributed by atoms with Crippen molar-refractivity contribution in [2.45, 2.75) is 18.8 Å². The van der Waals surface area contributed by atoms with Gasteiger partial charge in [-0.05, 0) is 25.1 Å². The molecule has 4 nitrogen and oxygen atoms in total. The van der Waals surface area contributed by atoms with Crippen molar-refractivity contribution in [1.29, 1.82) is 0 Å². The molecule has 1 aliphatic carbocycles. The summed E-state index contributed by atoms with van der Waals surface area (Å²) in [4.78, 5) is 10.7. The standard InChI is InChI=1S/C6H8N4S/c7-5-8-4(3-1-2-3)9-6(11)10-5/h3H,1-2H2,(H3,7,8,9,10,11). The predicted molar refractivity (Wildman–Crippen MR) is 43.6 cm³/mol. The lowest BCUT2D eigenvalue weighted by molar-refractivity contribution is 0.885. The van der Waals surface area contributed by atoms with Crippen LogP contribution in [-0.4, -0.2) is 15.0 Å². The average Bonchev–Trinajstić information content (AvgIpc) is 2.64. The van der Waals surface area contributed by atoms with Gasteiger partial charge in [0, 0.05) is 5.92 Å². The van der Waals surface area contributed by atoms with Crippen molar-refractivity contribution in [1.82, 2.24) is 15.0 Å². The van der Waals surface area contributed by atoms with Gasteiger partial charge in [0.1, 0.15) is 5.82 Å². The number of anilines is 1. The van der Waals surface area contributed by atoms with Crippen LogP contribution in [-0.2, 0) is 0 Å². The minimum atomic E-state index is 0.336. The Balaban J connectivity index is 2.47. The fourth-order valence-corrected chi connectivity index (χ4v) is 1.17. The van der Waals surface area contributed by atoms with Gasteiger partial charge < -0.3 is 10.7 Å². The van der Waals surface area contributed by atoms with Gasteiger partial charge in [-0.25, -0.2) is 4.98 Å². The van der Waals surface area contributed by atoms with E-state index in [1.165, 1.54) is 12.8 Å². The third kappa shape index (κ3) is 1.37. The Bertz CT molecular complexity index is 328. The normalized spacial score (nSPS) is 16.7. The van der Waals surface area contributed by atoms with E-state index in [1.54, 1.807) is 0 Å². The first kappa shape index (κ1) is 6.72. The van der Waals surface area contributed by atoms with Crippen LogP contribution in [0.1, 0.15) is 24.6 Å². The molecule has 58 valence electrons. The molecule has 0 aromatic carbocycles. The molecule has 11 heavy (non-hydrogen) atoms. The van der Waals surface area contributed by atoms with Crippen LogP contribution in [0.5, 0.6) is 0 Å². The largest absolute Gasteiger partial charge is 0.369 e. The molecule has 0 unspecified atom stereocenters. The maximum absolute atomic E-state index is 5.45. The minimum absolute atomic E-state index is 0.336. The van der Waals surface area contributed by atoms with Crippen molar-refractivity contribution in [3.63, 3.8) is 0 Å². The first-order valence-electron chi connectivity index (χ1n) is 3.49. The fourth-order valence-electron chi connectivity index (χ4n) is 0.968. The summed E-state index contributed by atoms with van der Waals surface area (Å²) in [7, 11) is 0. The lowest BCUT2D eigenvalue weighted by Gasteiger charge is -1.97. The van der Waals surface area contributed by atoms with Crippen LogP contribution in [0.15, 0.2) is 0 Å². The molecule has 1 fully saturated rings. The Labute approximate surface area is 68.9 Å². The van der Waals surface area contributed by atoms with Gasteiger partial charge in [-0.2, -0.15) is 4.98 Å². The summed E-state index contributed by atoms with van der Waals surface area (Å²) >= 11 is 4.81. The zero-order chi connectivity index (χ0) is 7.84. The van der Waals surface area contributed by atoms with E-state index in [0.29, 0.717) is 16.6 Å². The Hall–Kier alpha value is -0.970. The van der Waals surface area contributed by atoms with Crippen molar-refractivity contribution >= 4 is 18.2 Å². The number of nitrogens with two attached hydrogens (primary N) is 1. The molecule has 3 N–H and O–H groups in total. The number of hydrogen-bond donors (Lipinski definition) is 2. The number of aromatic amines is 1. The van der Waals surface area contributed by atoms with Crippen molar-refractivity contribution in [3.05, 3.63) is 10.6 Å². The molecule has 0 spiro atoms. The zero-order valence-electron chi connectivity index (χ0n) is 5.87. The molecule has 0 atom stereocenters. The van der Waals surface area contributed by atoms with Gasteiger partial charge in [-0.15, -0.1) is 0 Å². The van der Waals surface area contributed by atoms with Gasteiger partial charge >= 0.3 is 0 Å². The number of nitrogens with one attached hydrogen (secondary N) is 1. The molecule has 1 aliphatic rings. The molecule has 1 aromatic rings. The molecular weight excluding hydrogens is 160 g/mol. The maximum Gasteiger partial charge on any atom is 0.224 e. The maximum atomic E-state index is 5.45. The quantitative estimate of drug-likeness (QED) is 0.614. The molecule has 0 aliphatic heterocycles. The first-order chi connectivity index (χ1) is 5.25. The number of rotatable bonds is 1. The van der Waals surface area contributed by atoms with E-state index in [0.717, 1.165) is 5.82 Å². The Morgan fingerprint density at radius 1 is 1.45 bits per heavy atom. The number of aromatic nitrogens is 3. The van der Waals surface area contributed by atoms with E-state index in [2.05, 4.69) is 15.0 Å². The van der Waals surface area contributed by atoms with Gasteiger partial charge in [0.2, 0.25) is 10.7 Å². The molecule has 5 heteroatoms. The smallest absolute Gasteiger partial charge is 0.224 e. The fraction of sp³-hybridized carbons (Fsp3) is 0.500. The molecule has 0 amide bonds. The van der Waals surface area contributed by atoms with Crippen LogP contribution in [0.2, 0.25) is 0 Å². The highest BCUT2D eigenvalue weighted by atomic mass is 32.1. The lowest BCUT2D eigenvalue weighted by atomic mass is 10.4. The van der Waals surface area contributed by atoms with E-state index in [-0.39, 0.29) is 0 Å². The minimum Gasteiger partial charge on any atom is -0.369 e. The Kier molecular flexibility index (Phi) is 1.38. The van der Waals surface area contributed by atoms with Crippen LogP contribution in [0.3, 0.4) is 0 Å². The first-order valence-corrected chi connectivity index (χ1v) is 3.90. The topological polar surface area (TPSA) is 67.6 Å². The zero-order valence-corrected chi connectivity index (χ0v) is 6.69. The van der Waals surface area contributed by atoms with E-state index in [9.17, 15) is 0 Å². The van der Waals surface area contributed by atoms with Gasteiger partial charge in [0.05, 0.1) is 0 Å². The summed E-state index contributed by atoms with van der Waals surface area (Å²) in [6.45, 7) is 0. The summed E-state index contributed by atoms with van der Waals surface area (Å²) in [5.74, 6) is 1.80. The van der Waals surface area contributed by atoms with Crippen molar-refractivity contribution in [2.75, 3.05) is 5.73 Å². The van der Waals surface area contributed by atoms with Crippen LogP contribution >= 0.6 is 12.2 Å². The summed E-state index contributed by atoms with van der Waals surface area (Å²) in [6, 6.07) is 0. The molecule has 1 saturated carbocycles. The van der Waals surface area contributed by atoms with Crippen molar-refractivity contribution in [3.8, 4) is 0 Å². The molecule has 0 bridgehead atoms. The van der Waals surface area contributed by atoms with Crippen LogP contribution in [0, 0.1) is 4.77 Å². The van der Waals surface area contributed by atoms with Crippen LogP contribution in [0.4, 0.5) is 5.95 Å². The van der Waals surface area contributed by atoms with Crippen molar-refractivity contribution in [2.24, 2.45) is 0 Å².